The summed E-state index contributed by atoms with van der Waals surface area (Å²) in [7, 11) is 2.21. The van der Waals surface area contributed by atoms with Gasteiger partial charge in [0.05, 0.1) is 12.1 Å². The third-order valence-electron chi connectivity index (χ3n) is 4.28. The number of hydrogen-bond donors (Lipinski definition) is 2. The number of aliphatic hydroxyl groups is 1. The Labute approximate surface area is 113 Å². The Morgan fingerprint density at radius 3 is 2.67 bits per heavy atom. The van der Waals surface area contributed by atoms with Crippen LogP contribution in [0.15, 0.2) is 0 Å². The Bertz CT molecular complexity index is 235. The van der Waals surface area contributed by atoms with Crippen LogP contribution in [0.4, 0.5) is 0 Å². The molecule has 0 aromatic rings. The van der Waals surface area contributed by atoms with E-state index >= 15 is 0 Å². The van der Waals surface area contributed by atoms with Gasteiger partial charge in [0.1, 0.15) is 0 Å². The van der Waals surface area contributed by atoms with Crippen LogP contribution in [0.2, 0.25) is 0 Å². The lowest BCUT2D eigenvalue weighted by atomic mass is 9.86. The minimum absolute atomic E-state index is 0.161. The lowest BCUT2D eigenvalue weighted by Gasteiger charge is -2.40. The average Bonchev–Trinajstić information content (AvgIpc) is 2.36. The van der Waals surface area contributed by atoms with E-state index in [1.54, 1.807) is 0 Å². The fourth-order valence-electron chi connectivity index (χ4n) is 3.07. The molecule has 1 aliphatic rings. The van der Waals surface area contributed by atoms with Crippen LogP contribution in [0.3, 0.4) is 0 Å². The predicted octanol–water partition coefficient (Wildman–Crippen LogP) is 2.25. The first-order valence-corrected chi connectivity index (χ1v) is 7.57. The fraction of sp³-hybridized carbons (Fsp3) is 1.00. The molecule has 0 aromatic carbocycles. The number of nitrogens with one attached hydrogen (secondary N) is 1. The van der Waals surface area contributed by atoms with Gasteiger partial charge in [-0.2, -0.15) is 0 Å². The third kappa shape index (κ3) is 4.87. The monoisotopic (exact) mass is 256 g/mol. The van der Waals surface area contributed by atoms with Gasteiger partial charge in [-0.05, 0) is 45.7 Å². The molecule has 18 heavy (non-hydrogen) atoms. The van der Waals surface area contributed by atoms with E-state index in [9.17, 15) is 5.11 Å². The molecular weight excluding hydrogens is 224 g/mol. The average molecular weight is 256 g/mol. The van der Waals surface area contributed by atoms with E-state index < -0.39 is 0 Å². The van der Waals surface area contributed by atoms with Crippen molar-refractivity contribution in [3.63, 3.8) is 0 Å². The van der Waals surface area contributed by atoms with Crippen molar-refractivity contribution in [2.45, 2.75) is 64.5 Å². The normalized spacial score (nSPS) is 28.3. The van der Waals surface area contributed by atoms with Crippen LogP contribution in [0.1, 0.15) is 52.9 Å². The molecule has 3 atom stereocenters. The van der Waals surface area contributed by atoms with E-state index in [1.807, 2.05) is 0 Å². The lowest BCUT2D eigenvalue weighted by molar-refractivity contribution is 0.0900. The molecule has 0 radical (unpaired) electrons. The second-order valence-corrected chi connectivity index (χ2v) is 6.49. The Morgan fingerprint density at radius 1 is 1.39 bits per heavy atom. The topological polar surface area (TPSA) is 35.5 Å². The van der Waals surface area contributed by atoms with Gasteiger partial charge in [0.15, 0.2) is 0 Å². The molecule has 108 valence electrons. The van der Waals surface area contributed by atoms with Gasteiger partial charge in [-0.1, -0.05) is 26.7 Å². The van der Waals surface area contributed by atoms with E-state index in [1.165, 1.54) is 25.7 Å². The van der Waals surface area contributed by atoms with Crippen molar-refractivity contribution in [3.8, 4) is 0 Å². The standard InChI is InChI=1S/C15H32N2O/c1-5-9-16-15(3,12-18)11-17(4)14-8-6-7-13(2)10-14/h13-14,16,18H,5-12H2,1-4H3. The molecule has 0 amide bonds. The molecule has 0 aliphatic heterocycles. The summed E-state index contributed by atoms with van der Waals surface area (Å²) in [5, 5.41) is 13.1. The van der Waals surface area contributed by atoms with Gasteiger partial charge in [-0.15, -0.1) is 0 Å². The van der Waals surface area contributed by atoms with Gasteiger partial charge >= 0.3 is 0 Å². The van der Waals surface area contributed by atoms with Crippen LogP contribution in [-0.2, 0) is 0 Å². The van der Waals surface area contributed by atoms with E-state index in [-0.39, 0.29) is 12.1 Å². The van der Waals surface area contributed by atoms with Crippen molar-refractivity contribution < 1.29 is 5.11 Å². The van der Waals surface area contributed by atoms with Gasteiger partial charge in [-0.3, -0.25) is 0 Å². The molecule has 1 saturated carbocycles. The van der Waals surface area contributed by atoms with Crippen LogP contribution in [0.25, 0.3) is 0 Å². The van der Waals surface area contributed by atoms with Crippen LogP contribution in [0, 0.1) is 5.92 Å². The first-order chi connectivity index (χ1) is 8.50. The summed E-state index contributed by atoms with van der Waals surface area (Å²) in [5.41, 5.74) is -0.161. The maximum absolute atomic E-state index is 9.62. The first kappa shape index (κ1) is 15.9. The molecule has 0 spiro atoms. The Hall–Kier alpha value is -0.120. The van der Waals surface area contributed by atoms with Gasteiger partial charge in [0, 0.05) is 12.6 Å². The van der Waals surface area contributed by atoms with Gasteiger partial charge in [-0.25, -0.2) is 0 Å². The zero-order valence-electron chi connectivity index (χ0n) is 12.7. The maximum atomic E-state index is 9.62. The highest BCUT2D eigenvalue weighted by molar-refractivity contribution is 4.88. The maximum Gasteiger partial charge on any atom is 0.0623 e. The lowest BCUT2D eigenvalue weighted by Crippen LogP contribution is -2.55. The zero-order chi connectivity index (χ0) is 13.6. The van der Waals surface area contributed by atoms with E-state index in [0.717, 1.165) is 25.4 Å². The second-order valence-electron chi connectivity index (χ2n) is 6.49. The van der Waals surface area contributed by atoms with Crippen molar-refractivity contribution in [1.29, 1.82) is 0 Å². The second kappa shape index (κ2) is 7.46. The summed E-state index contributed by atoms with van der Waals surface area (Å²) in [6, 6.07) is 0.697. The highest BCUT2D eigenvalue weighted by atomic mass is 16.3. The number of nitrogens with zero attached hydrogens (tertiary/aromatic N) is 1. The molecule has 2 N–H and O–H groups in total. The minimum atomic E-state index is -0.161. The minimum Gasteiger partial charge on any atom is -0.394 e. The van der Waals surface area contributed by atoms with Crippen LogP contribution in [0.5, 0.6) is 0 Å². The molecule has 1 aliphatic carbocycles. The molecule has 0 aromatic heterocycles. The third-order valence-corrected chi connectivity index (χ3v) is 4.28. The van der Waals surface area contributed by atoms with E-state index in [2.05, 4.69) is 38.0 Å². The van der Waals surface area contributed by atoms with Gasteiger partial charge in [0.25, 0.3) is 0 Å². The molecule has 0 saturated heterocycles. The van der Waals surface area contributed by atoms with Crippen molar-refractivity contribution in [3.05, 3.63) is 0 Å². The summed E-state index contributed by atoms with van der Waals surface area (Å²) in [4.78, 5) is 2.45. The molecule has 1 fully saturated rings. The number of hydrogen-bond acceptors (Lipinski definition) is 3. The molecule has 3 nitrogen and oxygen atoms in total. The SMILES string of the molecule is CCCNC(C)(CO)CN(C)C1CCCC(C)C1. The molecular formula is C15H32N2O. The molecule has 0 bridgehead atoms. The number of likely N-dealkylation sites (N-methyl/N-ethyl adjacent to an activating group) is 1. The fourth-order valence-corrected chi connectivity index (χ4v) is 3.07. The molecule has 3 heteroatoms. The van der Waals surface area contributed by atoms with E-state index in [0.29, 0.717) is 6.04 Å². The van der Waals surface area contributed by atoms with Crippen LogP contribution < -0.4 is 5.32 Å². The Balaban J connectivity index is 2.47. The van der Waals surface area contributed by atoms with E-state index in [4.69, 9.17) is 0 Å². The van der Waals surface area contributed by atoms with Crippen molar-refractivity contribution in [2.75, 3.05) is 26.7 Å². The Kier molecular flexibility index (Phi) is 6.61. The summed E-state index contributed by atoms with van der Waals surface area (Å²) >= 11 is 0. The van der Waals surface area contributed by atoms with Crippen molar-refractivity contribution in [1.82, 2.24) is 10.2 Å². The molecule has 0 heterocycles. The Morgan fingerprint density at radius 2 is 2.11 bits per heavy atom. The predicted molar refractivity (Wildman–Crippen MR) is 77.8 cm³/mol. The smallest absolute Gasteiger partial charge is 0.0623 e. The molecule has 1 rings (SSSR count). The zero-order valence-corrected chi connectivity index (χ0v) is 12.7. The van der Waals surface area contributed by atoms with Crippen LogP contribution >= 0.6 is 0 Å². The summed E-state index contributed by atoms with van der Waals surface area (Å²) in [6.07, 6.45) is 6.48. The highest BCUT2D eigenvalue weighted by Gasteiger charge is 2.29. The largest absolute Gasteiger partial charge is 0.394 e. The summed E-state index contributed by atoms with van der Waals surface area (Å²) in [6.45, 7) is 8.77. The van der Waals surface area contributed by atoms with Gasteiger partial charge < -0.3 is 15.3 Å². The summed E-state index contributed by atoms with van der Waals surface area (Å²) < 4.78 is 0. The van der Waals surface area contributed by atoms with Crippen molar-refractivity contribution >= 4 is 0 Å². The van der Waals surface area contributed by atoms with Gasteiger partial charge in [0.2, 0.25) is 0 Å². The summed E-state index contributed by atoms with van der Waals surface area (Å²) in [5.74, 6) is 0.857. The van der Waals surface area contributed by atoms with Crippen LogP contribution in [-0.4, -0.2) is 48.3 Å². The van der Waals surface area contributed by atoms with Crippen molar-refractivity contribution in [2.24, 2.45) is 5.92 Å². The quantitative estimate of drug-likeness (QED) is 0.733. The first-order valence-electron chi connectivity index (χ1n) is 7.57. The number of aliphatic hydroxyl groups excluding tert-OH is 1. The number of rotatable bonds is 7. The molecule has 3 unspecified atom stereocenters. The highest BCUT2D eigenvalue weighted by Crippen LogP contribution is 2.27.